The Hall–Kier alpha value is -0.570. The molecule has 0 amide bonds. The number of carbonyl (C=O) groups is 1. The molecular formula is C16H31NO2. The monoisotopic (exact) mass is 269 g/mol. The van der Waals surface area contributed by atoms with Gasteiger partial charge in [-0.25, -0.2) is 0 Å². The van der Waals surface area contributed by atoms with Crippen LogP contribution in [0.2, 0.25) is 0 Å². The van der Waals surface area contributed by atoms with Crippen molar-refractivity contribution in [1.82, 2.24) is 4.90 Å². The first-order valence-electron chi connectivity index (χ1n) is 8.06. The Morgan fingerprint density at radius 1 is 1.16 bits per heavy atom. The Morgan fingerprint density at radius 2 is 1.89 bits per heavy atom. The normalized spacial score (nSPS) is 16.8. The average Bonchev–Trinajstić information content (AvgIpc) is 2.40. The summed E-state index contributed by atoms with van der Waals surface area (Å²) in [5.41, 5.74) is 0. The molecule has 19 heavy (non-hydrogen) atoms. The molecule has 0 spiro atoms. The van der Waals surface area contributed by atoms with Gasteiger partial charge in [0.2, 0.25) is 0 Å². The number of esters is 1. The Balaban J connectivity index is 1.94. The minimum absolute atomic E-state index is 0.0435. The summed E-state index contributed by atoms with van der Waals surface area (Å²) in [6, 6.07) is 0. The lowest BCUT2D eigenvalue weighted by molar-refractivity contribution is -0.143. The average molecular weight is 269 g/mol. The second-order valence-electron chi connectivity index (χ2n) is 5.88. The van der Waals surface area contributed by atoms with Gasteiger partial charge in [-0.3, -0.25) is 4.79 Å². The number of unbranched alkanes of at least 4 members (excludes halogenated alkanes) is 2. The van der Waals surface area contributed by atoms with Crippen LogP contribution in [0.25, 0.3) is 0 Å². The molecule has 3 nitrogen and oxygen atoms in total. The predicted octanol–water partition coefficient (Wildman–Crippen LogP) is 3.62. The van der Waals surface area contributed by atoms with Crippen LogP contribution in [-0.4, -0.2) is 37.6 Å². The van der Waals surface area contributed by atoms with Crippen molar-refractivity contribution in [1.29, 1.82) is 0 Å². The van der Waals surface area contributed by atoms with Crippen LogP contribution in [0.4, 0.5) is 0 Å². The van der Waals surface area contributed by atoms with E-state index in [0.29, 0.717) is 13.0 Å². The van der Waals surface area contributed by atoms with Gasteiger partial charge in [-0.05, 0) is 52.1 Å². The summed E-state index contributed by atoms with van der Waals surface area (Å²) in [5, 5.41) is 0. The molecule has 0 atom stereocenters. The molecule has 1 saturated carbocycles. The molecule has 1 rings (SSSR count). The maximum atomic E-state index is 11.2. The molecule has 1 aliphatic carbocycles. The van der Waals surface area contributed by atoms with E-state index in [-0.39, 0.29) is 5.97 Å². The fourth-order valence-electron chi connectivity index (χ4n) is 2.96. The largest absolute Gasteiger partial charge is 0.466 e. The van der Waals surface area contributed by atoms with Gasteiger partial charge in [-0.1, -0.05) is 25.7 Å². The number of hydrogen-bond acceptors (Lipinski definition) is 3. The van der Waals surface area contributed by atoms with Gasteiger partial charge in [0.1, 0.15) is 0 Å². The molecule has 0 aromatic heterocycles. The predicted molar refractivity (Wildman–Crippen MR) is 79.2 cm³/mol. The van der Waals surface area contributed by atoms with E-state index in [2.05, 4.69) is 11.9 Å². The van der Waals surface area contributed by atoms with E-state index < -0.39 is 0 Å². The SMILES string of the molecule is CCOC(=O)CCCCCN(C)CC1CCCCC1. The summed E-state index contributed by atoms with van der Waals surface area (Å²) in [4.78, 5) is 13.6. The molecule has 0 heterocycles. The third-order valence-electron chi connectivity index (χ3n) is 4.02. The van der Waals surface area contributed by atoms with Crippen molar-refractivity contribution >= 4 is 5.97 Å². The lowest BCUT2D eigenvalue weighted by atomic mass is 9.89. The quantitative estimate of drug-likeness (QED) is 0.473. The molecule has 0 bridgehead atoms. The highest BCUT2D eigenvalue weighted by atomic mass is 16.5. The maximum absolute atomic E-state index is 11.2. The highest BCUT2D eigenvalue weighted by Crippen LogP contribution is 2.24. The molecule has 0 aliphatic heterocycles. The molecular weight excluding hydrogens is 238 g/mol. The standard InChI is InChI=1S/C16H31NO2/c1-3-19-16(18)12-8-5-9-13-17(2)14-15-10-6-4-7-11-15/h15H,3-14H2,1-2H3. The molecule has 0 unspecified atom stereocenters. The lowest BCUT2D eigenvalue weighted by Gasteiger charge is -2.26. The topological polar surface area (TPSA) is 29.5 Å². The highest BCUT2D eigenvalue weighted by Gasteiger charge is 2.14. The third-order valence-corrected chi connectivity index (χ3v) is 4.02. The van der Waals surface area contributed by atoms with Crippen LogP contribution >= 0.6 is 0 Å². The van der Waals surface area contributed by atoms with Crippen LogP contribution in [0.3, 0.4) is 0 Å². The van der Waals surface area contributed by atoms with Crippen molar-refractivity contribution in [2.75, 3.05) is 26.7 Å². The Labute approximate surface area is 118 Å². The van der Waals surface area contributed by atoms with Gasteiger partial charge >= 0.3 is 5.97 Å². The Kier molecular flexibility index (Phi) is 8.89. The van der Waals surface area contributed by atoms with Crippen LogP contribution in [0.1, 0.15) is 64.7 Å². The third kappa shape index (κ3) is 8.25. The van der Waals surface area contributed by atoms with Crippen molar-refractivity contribution in [3.63, 3.8) is 0 Å². The summed E-state index contributed by atoms with van der Waals surface area (Å²) >= 11 is 0. The van der Waals surface area contributed by atoms with E-state index in [1.807, 2.05) is 6.92 Å². The molecule has 112 valence electrons. The van der Waals surface area contributed by atoms with Crippen molar-refractivity contribution in [2.45, 2.75) is 64.7 Å². The summed E-state index contributed by atoms with van der Waals surface area (Å²) in [7, 11) is 2.24. The van der Waals surface area contributed by atoms with E-state index in [1.165, 1.54) is 51.6 Å². The summed E-state index contributed by atoms with van der Waals surface area (Å²) < 4.78 is 4.92. The van der Waals surface area contributed by atoms with E-state index in [9.17, 15) is 4.79 Å². The summed E-state index contributed by atoms with van der Waals surface area (Å²) in [6.45, 7) is 4.79. The van der Waals surface area contributed by atoms with Gasteiger partial charge in [0.15, 0.2) is 0 Å². The lowest BCUT2D eigenvalue weighted by Crippen LogP contribution is -2.27. The molecule has 0 aromatic rings. The van der Waals surface area contributed by atoms with E-state index >= 15 is 0 Å². The van der Waals surface area contributed by atoms with E-state index in [1.54, 1.807) is 0 Å². The second kappa shape index (κ2) is 10.2. The van der Waals surface area contributed by atoms with Crippen molar-refractivity contribution in [2.24, 2.45) is 5.92 Å². The summed E-state index contributed by atoms with van der Waals surface area (Å²) in [5.74, 6) is 0.886. The zero-order chi connectivity index (χ0) is 13.9. The maximum Gasteiger partial charge on any atom is 0.305 e. The number of carbonyl (C=O) groups excluding carboxylic acids is 1. The van der Waals surface area contributed by atoms with Crippen molar-refractivity contribution in [3.05, 3.63) is 0 Å². The van der Waals surface area contributed by atoms with Crippen molar-refractivity contribution in [3.8, 4) is 0 Å². The van der Waals surface area contributed by atoms with Gasteiger partial charge in [-0.2, -0.15) is 0 Å². The zero-order valence-electron chi connectivity index (χ0n) is 12.8. The number of ether oxygens (including phenoxy) is 1. The van der Waals surface area contributed by atoms with Crippen molar-refractivity contribution < 1.29 is 9.53 Å². The van der Waals surface area contributed by atoms with Gasteiger partial charge in [-0.15, -0.1) is 0 Å². The van der Waals surface area contributed by atoms with E-state index in [0.717, 1.165) is 18.8 Å². The molecule has 0 saturated heterocycles. The number of nitrogens with zero attached hydrogens (tertiary/aromatic N) is 1. The first kappa shape index (κ1) is 16.5. The second-order valence-corrected chi connectivity index (χ2v) is 5.88. The smallest absolute Gasteiger partial charge is 0.305 e. The van der Waals surface area contributed by atoms with Gasteiger partial charge in [0.05, 0.1) is 6.61 Å². The van der Waals surface area contributed by atoms with Gasteiger partial charge in [0.25, 0.3) is 0 Å². The Bertz CT molecular complexity index is 237. The molecule has 0 N–H and O–H groups in total. The molecule has 0 aromatic carbocycles. The first-order valence-corrected chi connectivity index (χ1v) is 8.06. The molecule has 0 radical (unpaired) electrons. The van der Waals surface area contributed by atoms with Crippen LogP contribution in [0.5, 0.6) is 0 Å². The van der Waals surface area contributed by atoms with Crippen LogP contribution < -0.4 is 0 Å². The Morgan fingerprint density at radius 3 is 2.58 bits per heavy atom. The molecule has 1 aliphatic rings. The zero-order valence-corrected chi connectivity index (χ0v) is 12.8. The van der Waals surface area contributed by atoms with Crippen LogP contribution in [-0.2, 0) is 9.53 Å². The minimum Gasteiger partial charge on any atom is -0.466 e. The first-order chi connectivity index (χ1) is 9.22. The number of rotatable bonds is 9. The molecule has 3 heteroatoms. The van der Waals surface area contributed by atoms with Crippen LogP contribution in [0, 0.1) is 5.92 Å². The van der Waals surface area contributed by atoms with Gasteiger partial charge in [0, 0.05) is 13.0 Å². The van der Waals surface area contributed by atoms with E-state index in [4.69, 9.17) is 4.74 Å². The number of hydrogen-bond donors (Lipinski definition) is 0. The summed E-state index contributed by atoms with van der Waals surface area (Å²) in [6.07, 6.45) is 11.0. The fourth-order valence-corrected chi connectivity index (χ4v) is 2.96. The highest BCUT2D eigenvalue weighted by molar-refractivity contribution is 5.69. The minimum atomic E-state index is -0.0435. The fraction of sp³-hybridized carbons (Fsp3) is 0.938. The van der Waals surface area contributed by atoms with Gasteiger partial charge < -0.3 is 9.64 Å². The molecule has 1 fully saturated rings. The van der Waals surface area contributed by atoms with Crippen LogP contribution in [0.15, 0.2) is 0 Å².